The highest BCUT2D eigenvalue weighted by molar-refractivity contribution is 5.97. The molecule has 8 heteroatoms. The van der Waals surface area contributed by atoms with Crippen LogP contribution in [-0.2, 0) is 26.3 Å². The number of Topliss-reactive ketones (excluding diaryl/α,β-unsaturated/α-hetero) is 2. The summed E-state index contributed by atoms with van der Waals surface area (Å²) in [6.45, 7) is 0. The van der Waals surface area contributed by atoms with Crippen molar-refractivity contribution in [2.45, 2.75) is 43.8 Å². The molecule has 4 rings (SSSR count). The van der Waals surface area contributed by atoms with E-state index < -0.39 is 29.8 Å². The van der Waals surface area contributed by atoms with Gasteiger partial charge in [-0.05, 0) is 24.1 Å². The van der Waals surface area contributed by atoms with Gasteiger partial charge in [-0.3, -0.25) is 9.59 Å². The van der Waals surface area contributed by atoms with Crippen molar-refractivity contribution < 1.29 is 27.5 Å². The number of fused-ring (bicyclic) bond motifs is 1. The topological polar surface area (TPSA) is 81.8 Å². The number of carbonyl (C=O) groups excluding carboxylic acids is 2. The molecule has 0 aromatic heterocycles. The van der Waals surface area contributed by atoms with E-state index in [0.717, 1.165) is 6.07 Å². The van der Waals surface area contributed by atoms with Crippen molar-refractivity contribution in [1.29, 1.82) is 0 Å². The molecule has 2 saturated carbocycles. The Bertz CT molecular complexity index is 818. The number of hydrogen-bond donors (Lipinski definition) is 1. The van der Waals surface area contributed by atoms with Crippen LogP contribution in [0.15, 0.2) is 23.2 Å². The van der Waals surface area contributed by atoms with Crippen molar-refractivity contribution in [2.24, 2.45) is 22.6 Å². The summed E-state index contributed by atoms with van der Waals surface area (Å²) >= 11 is 0. The molecule has 1 aliphatic heterocycles. The molecular weight excluding hydrogens is 349 g/mol. The summed E-state index contributed by atoms with van der Waals surface area (Å²) in [6, 6.07) is 3.37. The van der Waals surface area contributed by atoms with E-state index in [9.17, 15) is 22.8 Å². The first-order valence-electron chi connectivity index (χ1n) is 8.44. The second kappa shape index (κ2) is 5.82. The summed E-state index contributed by atoms with van der Waals surface area (Å²) < 4.78 is 47.7. The molecule has 138 valence electrons. The zero-order valence-electron chi connectivity index (χ0n) is 13.8. The highest BCUT2D eigenvalue weighted by Gasteiger charge is 2.64. The van der Waals surface area contributed by atoms with Crippen LogP contribution < -0.4 is 5.73 Å². The highest BCUT2D eigenvalue weighted by atomic mass is 19.3. The number of rotatable bonds is 5. The number of ketones is 2. The summed E-state index contributed by atoms with van der Waals surface area (Å²) in [5.74, 6) is -1.91. The number of alkyl halides is 2. The van der Waals surface area contributed by atoms with E-state index in [2.05, 4.69) is 4.99 Å². The molecule has 0 spiro atoms. The number of carbonyl (C=O) groups is 2. The van der Waals surface area contributed by atoms with Gasteiger partial charge in [0.25, 0.3) is 12.4 Å². The lowest BCUT2D eigenvalue weighted by Crippen LogP contribution is -2.43. The summed E-state index contributed by atoms with van der Waals surface area (Å²) in [5, 5.41) is 0. The van der Waals surface area contributed by atoms with Gasteiger partial charge in [0.15, 0.2) is 5.54 Å². The van der Waals surface area contributed by atoms with Gasteiger partial charge in [-0.1, -0.05) is 6.07 Å². The average molecular weight is 366 g/mol. The molecule has 2 aliphatic carbocycles. The lowest BCUT2D eigenvalue weighted by atomic mass is 9.78. The number of hydrogen-bond acceptors (Lipinski definition) is 5. The van der Waals surface area contributed by atoms with Gasteiger partial charge in [0.05, 0.1) is 0 Å². The molecule has 0 amide bonds. The molecule has 3 aliphatic rings. The van der Waals surface area contributed by atoms with E-state index in [1.54, 1.807) is 0 Å². The minimum atomic E-state index is -2.97. The number of nitrogens with zero attached hydrogens (tertiary/aromatic N) is 1. The number of ether oxygens (including phenoxy) is 1. The molecule has 3 atom stereocenters. The van der Waals surface area contributed by atoms with Crippen LogP contribution in [0, 0.1) is 17.7 Å². The molecule has 2 N–H and O–H groups in total. The maximum atomic E-state index is 14.5. The number of aliphatic imine (C=N–C) groups is 1. The first kappa shape index (κ1) is 17.1. The van der Waals surface area contributed by atoms with Crippen LogP contribution in [0.4, 0.5) is 13.2 Å². The highest BCUT2D eigenvalue weighted by Crippen LogP contribution is 2.56. The van der Waals surface area contributed by atoms with Gasteiger partial charge in [0, 0.05) is 36.7 Å². The number of halogens is 3. The monoisotopic (exact) mass is 366 g/mol. The summed E-state index contributed by atoms with van der Waals surface area (Å²) in [5.41, 5.74) is 3.60. The van der Waals surface area contributed by atoms with E-state index in [0.29, 0.717) is 12.0 Å². The molecule has 1 aromatic rings. The Balaban J connectivity index is 1.68. The van der Waals surface area contributed by atoms with Gasteiger partial charge < -0.3 is 10.5 Å². The van der Waals surface area contributed by atoms with Crippen LogP contribution in [0.1, 0.15) is 30.4 Å². The third-order valence-corrected chi connectivity index (χ3v) is 5.44. The van der Waals surface area contributed by atoms with Gasteiger partial charge >= 0.3 is 0 Å². The fourth-order valence-electron chi connectivity index (χ4n) is 3.85. The molecular formula is C18H17F3N2O3. The predicted molar refractivity (Wildman–Crippen MR) is 85.1 cm³/mol. The van der Waals surface area contributed by atoms with Gasteiger partial charge in [-0.2, -0.15) is 0 Å². The third kappa shape index (κ3) is 2.59. The fraction of sp³-hybridized carbons (Fsp3) is 0.500. The quantitative estimate of drug-likeness (QED) is 0.865. The Hall–Kier alpha value is -2.38. The van der Waals surface area contributed by atoms with E-state index in [1.165, 1.54) is 12.1 Å². The normalized spacial score (nSPS) is 30.3. The van der Waals surface area contributed by atoms with Crippen molar-refractivity contribution in [2.75, 3.05) is 0 Å². The number of amidine groups is 1. The maximum absolute atomic E-state index is 14.5. The van der Waals surface area contributed by atoms with Crippen molar-refractivity contribution in [1.82, 2.24) is 0 Å². The van der Waals surface area contributed by atoms with E-state index in [1.807, 2.05) is 0 Å². The van der Waals surface area contributed by atoms with Crippen LogP contribution in [0.2, 0.25) is 0 Å². The Morgan fingerprint density at radius 2 is 2.12 bits per heavy atom. The van der Waals surface area contributed by atoms with Crippen molar-refractivity contribution in [3.05, 3.63) is 35.1 Å². The minimum Gasteiger partial charge on any atom is -0.462 e. The summed E-state index contributed by atoms with van der Waals surface area (Å²) in [6.07, 6.45) is -2.74. The van der Waals surface area contributed by atoms with Crippen LogP contribution in [-0.4, -0.2) is 30.1 Å². The van der Waals surface area contributed by atoms with Gasteiger partial charge in [-0.25, -0.2) is 18.2 Å². The Morgan fingerprint density at radius 3 is 2.77 bits per heavy atom. The Morgan fingerprint density at radius 1 is 1.38 bits per heavy atom. The molecule has 5 nitrogen and oxygen atoms in total. The van der Waals surface area contributed by atoms with Gasteiger partial charge in [0.1, 0.15) is 23.5 Å². The third-order valence-electron chi connectivity index (χ3n) is 5.44. The Labute approximate surface area is 147 Å². The van der Waals surface area contributed by atoms with E-state index >= 15 is 0 Å². The molecule has 0 unspecified atom stereocenters. The minimum absolute atomic E-state index is 0.0334. The lowest BCUT2D eigenvalue weighted by molar-refractivity contribution is -0.136. The summed E-state index contributed by atoms with van der Waals surface area (Å²) in [7, 11) is 0. The smallest absolute Gasteiger partial charge is 0.283 e. The summed E-state index contributed by atoms with van der Waals surface area (Å²) in [4.78, 5) is 27.0. The van der Waals surface area contributed by atoms with Crippen molar-refractivity contribution >= 4 is 17.6 Å². The van der Waals surface area contributed by atoms with Crippen molar-refractivity contribution in [3.8, 4) is 0 Å². The van der Waals surface area contributed by atoms with Crippen molar-refractivity contribution in [3.63, 3.8) is 0 Å². The van der Waals surface area contributed by atoms with Gasteiger partial charge in [-0.15, -0.1) is 0 Å². The number of benzene rings is 1. The second-order valence-electron chi connectivity index (χ2n) is 7.18. The second-order valence-corrected chi connectivity index (χ2v) is 7.18. The molecule has 0 radical (unpaired) electrons. The van der Waals surface area contributed by atoms with Crippen LogP contribution >= 0.6 is 0 Å². The lowest BCUT2D eigenvalue weighted by Gasteiger charge is -2.33. The maximum Gasteiger partial charge on any atom is 0.283 e. The largest absolute Gasteiger partial charge is 0.462 e. The zero-order chi connectivity index (χ0) is 18.6. The Kier molecular flexibility index (Phi) is 3.82. The molecule has 0 bridgehead atoms. The average Bonchev–Trinajstić information content (AvgIpc) is 3.32. The zero-order valence-corrected chi connectivity index (χ0v) is 13.8. The molecule has 1 aromatic carbocycles. The molecule has 2 fully saturated rings. The fourth-order valence-corrected chi connectivity index (χ4v) is 3.85. The first-order chi connectivity index (χ1) is 12.3. The molecule has 26 heavy (non-hydrogen) atoms. The van der Waals surface area contributed by atoms with Crippen LogP contribution in [0.25, 0.3) is 0 Å². The van der Waals surface area contributed by atoms with E-state index in [-0.39, 0.29) is 48.3 Å². The molecule has 1 heterocycles. The number of nitrogens with two attached hydrogens (primary N) is 1. The first-order valence-corrected chi connectivity index (χ1v) is 8.44. The van der Waals surface area contributed by atoms with Crippen LogP contribution in [0.3, 0.4) is 0 Å². The SMILES string of the molecule is NC1=N[C@@](c2cc(CC(=O)C3CC(=O)C3)ccc2F)(C(F)F)[C@H]2C[C@H]2O1. The van der Waals surface area contributed by atoms with Gasteiger partial charge in [0.2, 0.25) is 0 Å². The predicted octanol–water partition coefficient (Wildman–Crippen LogP) is 2.11. The molecule has 0 saturated heterocycles. The standard InChI is InChI=1S/C18H17F3N2O3/c19-13-2-1-8(4-14(25)9-5-10(24)6-9)3-11(13)18(16(20)21)12-7-15(12)26-17(22)23-18/h1-3,9,12,15-16H,4-7H2,(H2,22,23)/t12-,15+,18+/m0/s1. The van der Waals surface area contributed by atoms with E-state index in [4.69, 9.17) is 10.5 Å². The van der Waals surface area contributed by atoms with Crippen LogP contribution in [0.5, 0.6) is 0 Å².